The summed E-state index contributed by atoms with van der Waals surface area (Å²) in [7, 11) is 2.21. The van der Waals surface area contributed by atoms with Crippen molar-refractivity contribution in [3.63, 3.8) is 0 Å². The van der Waals surface area contributed by atoms with Crippen molar-refractivity contribution in [1.29, 1.82) is 0 Å². The summed E-state index contributed by atoms with van der Waals surface area (Å²) in [6.07, 6.45) is 4.28. The van der Waals surface area contributed by atoms with Crippen molar-refractivity contribution in [3.8, 4) is 0 Å². The van der Waals surface area contributed by atoms with Crippen LogP contribution < -0.4 is 5.32 Å². The van der Waals surface area contributed by atoms with Crippen LogP contribution in [0.4, 0.5) is 5.69 Å². The molecule has 2 unspecified atom stereocenters. The Hall–Kier alpha value is -1.61. The zero-order valence-corrected chi connectivity index (χ0v) is 12.6. The predicted molar refractivity (Wildman–Crippen MR) is 85.2 cm³/mol. The van der Waals surface area contributed by atoms with Crippen LogP contribution in [0.5, 0.6) is 0 Å². The number of aryl methyl sites for hydroxylation is 1. The molecule has 0 amide bonds. The fourth-order valence-electron chi connectivity index (χ4n) is 3.08. The number of benzene rings is 1. The first kappa shape index (κ1) is 13.4. The standard InChI is InChI=1S/C17H23N3/c1-12-6-7-16(15-5-4-9-18-17(12)15)19-14-8-10-20(3)13(2)11-14/h4-7,9,13-14,19H,8,10-11H2,1-3H3. The quantitative estimate of drug-likeness (QED) is 0.905. The van der Waals surface area contributed by atoms with Crippen LogP contribution in [0.2, 0.25) is 0 Å². The van der Waals surface area contributed by atoms with E-state index in [4.69, 9.17) is 0 Å². The molecule has 0 bridgehead atoms. The van der Waals surface area contributed by atoms with E-state index in [1.807, 2.05) is 12.3 Å². The highest BCUT2D eigenvalue weighted by Gasteiger charge is 2.22. The molecule has 1 aliphatic heterocycles. The Balaban J connectivity index is 1.86. The number of rotatable bonds is 2. The number of piperidine rings is 1. The Bertz CT molecular complexity index is 608. The monoisotopic (exact) mass is 269 g/mol. The Labute approximate surface area is 121 Å². The largest absolute Gasteiger partial charge is 0.382 e. The van der Waals surface area contributed by atoms with Crippen molar-refractivity contribution in [2.75, 3.05) is 18.9 Å². The van der Waals surface area contributed by atoms with E-state index in [0.29, 0.717) is 12.1 Å². The topological polar surface area (TPSA) is 28.2 Å². The fourth-order valence-corrected chi connectivity index (χ4v) is 3.08. The highest BCUT2D eigenvalue weighted by molar-refractivity contribution is 5.93. The lowest BCUT2D eigenvalue weighted by Crippen LogP contribution is -2.42. The number of pyridine rings is 1. The zero-order valence-electron chi connectivity index (χ0n) is 12.6. The first-order valence-corrected chi connectivity index (χ1v) is 7.46. The number of hydrogen-bond donors (Lipinski definition) is 1. The summed E-state index contributed by atoms with van der Waals surface area (Å²) < 4.78 is 0. The van der Waals surface area contributed by atoms with Gasteiger partial charge < -0.3 is 10.2 Å². The number of anilines is 1. The molecule has 2 atom stereocenters. The van der Waals surface area contributed by atoms with Gasteiger partial charge in [-0.05, 0) is 57.5 Å². The van der Waals surface area contributed by atoms with Crippen molar-refractivity contribution in [3.05, 3.63) is 36.0 Å². The summed E-state index contributed by atoms with van der Waals surface area (Å²) in [6, 6.07) is 9.75. The van der Waals surface area contributed by atoms with Gasteiger partial charge in [-0.3, -0.25) is 4.98 Å². The van der Waals surface area contributed by atoms with Crippen LogP contribution in [0.25, 0.3) is 10.9 Å². The van der Waals surface area contributed by atoms with E-state index in [1.165, 1.54) is 36.0 Å². The summed E-state index contributed by atoms with van der Waals surface area (Å²) in [5.41, 5.74) is 3.57. The summed E-state index contributed by atoms with van der Waals surface area (Å²) in [5, 5.41) is 4.97. The number of nitrogens with one attached hydrogen (secondary N) is 1. The number of nitrogens with zero attached hydrogens (tertiary/aromatic N) is 2. The minimum Gasteiger partial charge on any atom is -0.382 e. The van der Waals surface area contributed by atoms with Crippen LogP contribution in [0.15, 0.2) is 30.5 Å². The third kappa shape index (κ3) is 2.50. The molecular weight excluding hydrogens is 246 g/mol. The maximum absolute atomic E-state index is 4.51. The molecule has 1 aromatic heterocycles. The normalized spacial score (nSPS) is 23.9. The summed E-state index contributed by atoms with van der Waals surface area (Å²) in [6.45, 7) is 5.60. The number of likely N-dealkylation sites (tertiary alicyclic amines) is 1. The molecule has 1 aliphatic rings. The van der Waals surface area contributed by atoms with Gasteiger partial charge in [-0.2, -0.15) is 0 Å². The van der Waals surface area contributed by atoms with Crippen molar-refractivity contribution in [1.82, 2.24) is 9.88 Å². The molecule has 3 heteroatoms. The molecule has 20 heavy (non-hydrogen) atoms. The summed E-state index contributed by atoms with van der Waals surface area (Å²) in [5.74, 6) is 0. The van der Waals surface area contributed by atoms with E-state index in [2.05, 4.69) is 54.3 Å². The maximum atomic E-state index is 4.51. The summed E-state index contributed by atoms with van der Waals surface area (Å²) in [4.78, 5) is 6.95. The molecule has 2 aromatic rings. The van der Waals surface area contributed by atoms with Crippen molar-refractivity contribution < 1.29 is 0 Å². The van der Waals surface area contributed by atoms with Crippen molar-refractivity contribution in [2.24, 2.45) is 0 Å². The summed E-state index contributed by atoms with van der Waals surface area (Å²) >= 11 is 0. The molecule has 1 N–H and O–H groups in total. The van der Waals surface area contributed by atoms with Crippen molar-refractivity contribution >= 4 is 16.6 Å². The molecule has 106 valence electrons. The molecule has 3 rings (SSSR count). The minimum absolute atomic E-state index is 0.562. The Morgan fingerprint density at radius 1 is 1.30 bits per heavy atom. The van der Waals surface area contributed by atoms with Crippen LogP contribution in [0, 0.1) is 6.92 Å². The lowest BCUT2D eigenvalue weighted by Gasteiger charge is -2.36. The Morgan fingerprint density at radius 2 is 2.15 bits per heavy atom. The molecule has 1 fully saturated rings. The number of aromatic nitrogens is 1. The average Bonchev–Trinajstić information content (AvgIpc) is 2.46. The first-order valence-electron chi connectivity index (χ1n) is 7.46. The van der Waals surface area contributed by atoms with Gasteiger partial charge in [-0.25, -0.2) is 0 Å². The van der Waals surface area contributed by atoms with E-state index >= 15 is 0 Å². The minimum atomic E-state index is 0.562. The third-order valence-corrected chi connectivity index (χ3v) is 4.54. The molecular formula is C17H23N3. The average molecular weight is 269 g/mol. The van der Waals surface area contributed by atoms with Gasteiger partial charge in [0.15, 0.2) is 0 Å². The van der Waals surface area contributed by atoms with Crippen molar-refractivity contribution in [2.45, 2.75) is 38.8 Å². The highest BCUT2D eigenvalue weighted by Crippen LogP contribution is 2.27. The van der Waals surface area contributed by atoms with Crippen LogP contribution in [-0.2, 0) is 0 Å². The fraction of sp³-hybridized carbons (Fsp3) is 0.471. The third-order valence-electron chi connectivity index (χ3n) is 4.54. The molecule has 0 radical (unpaired) electrons. The van der Waals surface area contributed by atoms with E-state index in [-0.39, 0.29) is 0 Å². The second-order valence-electron chi connectivity index (χ2n) is 6.02. The van der Waals surface area contributed by atoms with Crippen LogP contribution in [0.1, 0.15) is 25.3 Å². The SMILES string of the molecule is Cc1ccc(NC2CCN(C)C(C)C2)c2cccnc12. The second-order valence-corrected chi connectivity index (χ2v) is 6.02. The van der Waals surface area contributed by atoms with Gasteiger partial charge in [0.2, 0.25) is 0 Å². The van der Waals surface area contributed by atoms with Gasteiger partial charge in [0.25, 0.3) is 0 Å². The van der Waals surface area contributed by atoms with E-state index in [9.17, 15) is 0 Å². The maximum Gasteiger partial charge on any atom is 0.0751 e. The lowest BCUT2D eigenvalue weighted by atomic mass is 9.98. The zero-order chi connectivity index (χ0) is 14.1. The molecule has 3 nitrogen and oxygen atoms in total. The second kappa shape index (κ2) is 5.41. The molecule has 0 aliphatic carbocycles. The van der Waals surface area contributed by atoms with Crippen LogP contribution in [0.3, 0.4) is 0 Å². The van der Waals surface area contributed by atoms with E-state index in [0.717, 1.165) is 5.52 Å². The lowest BCUT2D eigenvalue weighted by molar-refractivity contribution is 0.190. The molecule has 0 spiro atoms. The van der Waals surface area contributed by atoms with Gasteiger partial charge in [-0.1, -0.05) is 6.07 Å². The molecule has 0 saturated carbocycles. The van der Waals surface area contributed by atoms with E-state index < -0.39 is 0 Å². The molecule has 2 heterocycles. The highest BCUT2D eigenvalue weighted by atomic mass is 15.1. The van der Waals surface area contributed by atoms with Gasteiger partial charge >= 0.3 is 0 Å². The predicted octanol–water partition coefficient (Wildman–Crippen LogP) is 3.44. The van der Waals surface area contributed by atoms with Gasteiger partial charge in [0.1, 0.15) is 0 Å². The molecule has 1 saturated heterocycles. The molecule has 1 aromatic carbocycles. The van der Waals surface area contributed by atoms with Gasteiger partial charge in [-0.15, -0.1) is 0 Å². The Kier molecular flexibility index (Phi) is 3.62. The van der Waals surface area contributed by atoms with E-state index in [1.54, 1.807) is 0 Å². The smallest absolute Gasteiger partial charge is 0.0751 e. The van der Waals surface area contributed by atoms with Gasteiger partial charge in [0, 0.05) is 35.9 Å². The number of hydrogen-bond acceptors (Lipinski definition) is 3. The Morgan fingerprint density at radius 3 is 2.95 bits per heavy atom. The van der Waals surface area contributed by atoms with Crippen LogP contribution >= 0.6 is 0 Å². The first-order chi connectivity index (χ1) is 9.65. The van der Waals surface area contributed by atoms with Crippen LogP contribution in [-0.4, -0.2) is 35.6 Å². The van der Waals surface area contributed by atoms with Gasteiger partial charge in [0.05, 0.1) is 5.52 Å². The number of fused-ring (bicyclic) bond motifs is 1.